The highest BCUT2D eigenvalue weighted by atomic mass is 16.8. The van der Waals surface area contributed by atoms with Crippen LogP contribution in [0.3, 0.4) is 0 Å². The monoisotopic (exact) mass is 344 g/mol. The van der Waals surface area contributed by atoms with Crippen molar-refractivity contribution in [3.8, 4) is 0 Å². The third-order valence-corrected chi connectivity index (χ3v) is 4.29. The topological polar surface area (TPSA) is 71.1 Å². The molecule has 0 unspecified atom stereocenters. The van der Waals surface area contributed by atoms with Crippen LogP contribution in [0, 0.1) is 5.41 Å². The molecule has 6 nitrogen and oxygen atoms in total. The number of carbonyl (C=O) groups excluding carboxylic acids is 2. The van der Waals surface area contributed by atoms with E-state index in [2.05, 4.69) is 0 Å². The fourth-order valence-corrected chi connectivity index (χ4v) is 2.13. The Kier molecular flexibility index (Phi) is 7.67. The fraction of sp³-hybridized carbons (Fsp3) is 0.889. The van der Waals surface area contributed by atoms with Gasteiger partial charge in [-0.25, -0.2) is 9.59 Å². The molecule has 1 fully saturated rings. The van der Waals surface area contributed by atoms with Crippen LogP contribution in [0.2, 0.25) is 0 Å². The first-order valence-electron chi connectivity index (χ1n) is 8.85. The Morgan fingerprint density at radius 1 is 0.917 bits per heavy atom. The summed E-state index contributed by atoms with van der Waals surface area (Å²) in [5.74, 6) is -2.22. The molecule has 0 aromatic heterocycles. The molecule has 0 spiro atoms. The van der Waals surface area contributed by atoms with Gasteiger partial charge in [0.15, 0.2) is 18.0 Å². The van der Waals surface area contributed by atoms with Gasteiger partial charge in [-0.15, -0.1) is 0 Å². The second-order valence-corrected chi connectivity index (χ2v) is 7.31. The van der Waals surface area contributed by atoms with Gasteiger partial charge in [-0.2, -0.15) is 0 Å². The van der Waals surface area contributed by atoms with Crippen molar-refractivity contribution in [3.05, 3.63) is 0 Å². The number of ether oxygens (including phenoxy) is 4. The molecule has 6 heteroatoms. The van der Waals surface area contributed by atoms with Gasteiger partial charge in [-0.05, 0) is 19.8 Å². The van der Waals surface area contributed by atoms with Gasteiger partial charge in [0.05, 0.1) is 13.2 Å². The molecule has 1 heterocycles. The summed E-state index contributed by atoms with van der Waals surface area (Å²) in [6, 6.07) is 0. The van der Waals surface area contributed by atoms with Crippen LogP contribution >= 0.6 is 0 Å². The lowest BCUT2D eigenvalue weighted by Crippen LogP contribution is -2.42. The number of unbranched alkanes of at least 4 members (excludes halogenated alkanes) is 2. The highest BCUT2D eigenvalue weighted by molar-refractivity contribution is 5.86. The average molecular weight is 344 g/mol. The molecule has 1 aliphatic rings. The molecule has 0 N–H and O–H groups in total. The van der Waals surface area contributed by atoms with Gasteiger partial charge >= 0.3 is 11.9 Å². The third-order valence-electron chi connectivity index (χ3n) is 4.29. The Bertz CT molecular complexity index is 396. The maximum absolute atomic E-state index is 12.3. The van der Waals surface area contributed by atoms with Crippen LogP contribution in [0.5, 0.6) is 0 Å². The zero-order chi connectivity index (χ0) is 18.4. The molecule has 1 aliphatic heterocycles. The lowest BCUT2D eigenvalue weighted by atomic mass is 9.87. The van der Waals surface area contributed by atoms with Crippen LogP contribution in [-0.4, -0.2) is 43.1 Å². The molecule has 0 saturated carbocycles. The smallest absolute Gasteiger partial charge is 0.338 e. The van der Waals surface area contributed by atoms with E-state index in [9.17, 15) is 9.59 Å². The van der Waals surface area contributed by atoms with Gasteiger partial charge in [0.25, 0.3) is 0 Å². The van der Waals surface area contributed by atoms with Gasteiger partial charge < -0.3 is 18.9 Å². The van der Waals surface area contributed by atoms with Crippen molar-refractivity contribution in [2.75, 3.05) is 13.2 Å². The van der Waals surface area contributed by atoms with Crippen molar-refractivity contribution in [2.24, 2.45) is 5.41 Å². The summed E-state index contributed by atoms with van der Waals surface area (Å²) in [6.45, 7) is 12.1. The van der Waals surface area contributed by atoms with E-state index < -0.39 is 35.3 Å². The SMILES string of the molecule is CCCCOC(=O)[C@@H]1OC(C)(C(C)(C)C)O[C@H]1C(=O)OCCCC. The van der Waals surface area contributed by atoms with E-state index in [1.807, 2.05) is 34.6 Å². The third kappa shape index (κ3) is 5.18. The van der Waals surface area contributed by atoms with E-state index in [1.54, 1.807) is 6.92 Å². The van der Waals surface area contributed by atoms with E-state index in [1.165, 1.54) is 0 Å². The summed E-state index contributed by atoms with van der Waals surface area (Å²) in [7, 11) is 0. The molecule has 0 radical (unpaired) electrons. The summed E-state index contributed by atoms with van der Waals surface area (Å²) in [4.78, 5) is 24.7. The Labute approximate surface area is 145 Å². The van der Waals surface area contributed by atoms with Crippen LogP contribution in [0.1, 0.15) is 67.2 Å². The lowest BCUT2D eigenvalue weighted by Gasteiger charge is -2.36. The minimum absolute atomic E-state index is 0.305. The minimum atomic E-state index is -1.10. The Morgan fingerprint density at radius 2 is 1.29 bits per heavy atom. The van der Waals surface area contributed by atoms with Crippen LogP contribution in [0.25, 0.3) is 0 Å². The molecule has 0 amide bonds. The Morgan fingerprint density at radius 3 is 1.58 bits per heavy atom. The molecule has 2 atom stereocenters. The van der Waals surface area contributed by atoms with Crippen LogP contribution in [-0.2, 0) is 28.5 Å². The molecule has 0 aliphatic carbocycles. The quantitative estimate of drug-likeness (QED) is 0.497. The predicted octanol–water partition coefficient (Wildman–Crippen LogP) is 3.22. The summed E-state index contributed by atoms with van der Waals surface area (Å²) in [6.07, 6.45) is 1.17. The normalized spacial score (nSPS) is 23.1. The van der Waals surface area contributed by atoms with E-state index >= 15 is 0 Å². The van der Waals surface area contributed by atoms with Gasteiger partial charge in [-0.1, -0.05) is 47.5 Å². The number of rotatable bonds is 8. The largest absolute Gasteiger partial charge is 0.464 e. The molecule has 0 aromatic carbocycles. The number of esters is 2. The van der Waals surface area contributed by atoms with Crippen molar-refractivity contribution in [1.82, 2.24) is 0 Å². The van der Waals surface area contributed by atoms with Crippen LogP contribution < -0.4 is 0 Å². The first kappa shape index (κ1) is 20.9. The van der Waals surface area contributed by atoms with Crippen LogP contribution in [0.15, 0.2) is 0 Å². The maximum atomic E-state index is 12.3. The zero-order valence-corrected chi connectivity index (χ0v) is 15.8. The average Bonchev–Trinajstić information content (AvgIpc) is 2.87. The first-order chi connectivity index (χ1) is 11.2. The first-order valence-corrected chi connectivity index (χ1v) is 8.85. The van der Waals surface area contributed by atoms with Crippen LogP contribution in [0.4, 0.5) is 0 Å². The van der Waals surface area contributed by atoms with Crippen molar-refractivity contribution in [2.45, 2.75) is 85.2 Å². The Balaban J connectivity index is 2.85. The summed E-state index contributed by atoms with van der Waals surface area (Å²) in [5.41, 5.74) is -0.423. The van der Waals surface area contributed by atoms with Gasteiger partial charge in [0.2, 0.25) is 0 Å². The molecule has 140 valence electrons. The second-order valence-electron chi connectivity index (χ2n) is 7.31. The highest BCUT2D eigenvalue weighted by Gasteiger charge is 2.57. The zero-order valence-electron chi connectivity index (χ0n) is 15.8. The number of carbonyl (C=O) groups is 2. The van der Waals surface area contributed by atoms with E-state index in [0.717, 1.165) is 25.7 Å². The molecule has 1 saturated heterocycles. The Hall–Kier alpha value is -1.14. The van der Waals surface area contributed by atoms with Crippen molar-refractivity contribution in [3.63, 3.8) is 0 Å². The summed E-state index contributed by atoms with van der Waals surface area (Å²) in [5, 5.41) is 0. The number of hydrogen-bond acceptors (Lipinski definition) is 6. The van der Waals surface area contributed by atoms with Crippen molar-refractivity contribution >= 4 is 11.9 Å². The van der Waals surface area contributed by atoms with Gasteiger partial charge in [0, 0.05) is 5.41 Å². The van der Waals surface area contributed by atoms with Crippen molar-refractivity contribution in [1.29, 1.82) is 0 Å². The highest BCUT2D eigenvalue weighted by Crippen LogP contribution is 2.42. The molecule has 24 heavy (non-hydrogen) atoms. The fourth-order valence-electron chi connectivity index (χ4n) is 2.13. The molecular formula is C18H32O6. The molecule has 0 bridgehead atoms. The minimum Gasteiger partial charge on any atom is -0.464 e. The van der Waals surface area contributed by atoms with E-state index in [0.29, 0.717) is 13.2 Å². The van der Waals surface area contributed by atoms with E-state index in [-0.39, 0.29) is 0 Å². The van der Waals surface area contributed by atoms with Gasteiger partial charge in [-0.3, -0.25) is 0 Å². The van der Waals surface area contributed by atoms with Gasteiger partial charge in [0.1, 0.15) is 0 Å². The summed E-state index contributed by atoms with van der Waals surface area (Å²) >= 11 is 0. The van der Waals surface area contributed by atoms with E-state index in [4.69, 9.17) is 18.9 Å². The molecule has 1 rings (SSSR count). The second kappa shape index (κ2) is 8.81. The summed E-state index contributed by atoms with van der Waals surface area (Å²) < 4.78 is 22.2. The lowest BCUT2D eigenvalue weighted by molar-refractivity contribution is -0.228. The van der Waals surface area contributed by atoms with Crippen molar-refractivity contribution < 1.29 is 28.5 Å². The molecule has 0 aromatic rings. The number of hydrogen-bond donors (Lipinski definition) is 0. The standard InChI is InChI=1S/C18H32O6/c1-7-9-11-21-15(19)13-14(16(20)22-12-10-8-2)24-18(6,23-13)17(3,4)5/h13-14H,7-12H2,1-6H3/t13-,14-/m1/s1. The molecular weight excluding hydrogens is 312 g/mol. The maximum Gasteiger partial charge on any atom is 0.338 e. The predicted molar refractivity (Wildman–Crippen MR) is 89.3 cm³/mol.